The van der Waals surface area contributed by atoms with E-state index in [1.807, 2.05) is 6.07 Å². The highest BCUT2D eigenvalue weighted by molar-refractivity contribution is 5.15. The fraction of sp³-hybridized carbons (Fsp3) is 0.412. The summed E-state index contributed by atoms with van der Waals surface area (Å²) in [6, 6.07) is 14.0. The van der Waals surface area contributed by atoms with Crippen LogP contribution in [0.1, 0.15) is 37.7 Å². The van der Waals surface area contributed by atoms with Crippen LogP contribution in [0.15, 0.2) is 53.1 Å². The summed E-state index contributed by atoms with van der Waals surface area (Å²) in [5.74, 6) is 0.608. The second kappa shape index (κ2) is 6.73. The minimum Gasteiger partial charge on any atom is -0.467 e. The summed E-state index contributed by atoms with van der Waals surface area (Å²) in [4.78, 5) is 0. The van der Waals surface area contributed by atoms with Crippen LogP contribution < -0.4 is 5.32 Å². The molecule has 2 aromatic rings. The van der Waals surface area contributed by atoms with E-state index in [1.54, 1.807) is 18.4 Å². The van der Waals surface area contributed by atoms with Gasteiger partial charge in [-0.1, -0.05) is 30.3 Å². The zero-order chi connectivity index (χ0) is 14.4. The van der Waals surface area contributed by atoms with Gasteiger partial charge in [0.1, 0.15) is 11.9 Å². The number of furan rings is 1. The van der Waals surface area contributed by atoms with Crippen molar-refractivity contribution in [3.05, 3.63) is 60.1 Å². The molecule has 108 valence electrons. The van der Waals surface area contributed by atoms with Gasteiger partial charge in [-0.25, -0.2) is 0 Å². The molecule has 0 bridgehead atoms. The topological polar surface area (TPSA) is 45.4 Å². The van der Waals surface area contributed by atoms with Crippen LogP contribution in [0.3, 0.4) is 0 Å². The van der Waals surface area contributed by atoms with Gasteiger partial charge in [-0.15, -0.1) is 0 Å². The van der Waals surface area contributed by atoms with E-state index in [9.17, 15) is 5.11 Å². The summed E-state index contributed by atoms with van der Waals surface area (Å²) in [6.07, 6.45) is 3.03. The van der Waals surface area contributed by atoms with E-state index in [1.165, 1.54) is 5.56 Å². The van der Waals surface area contributed by atoms with Crippen molar-refractivity contribution in [2.75, 3.05) is 6.54 Å². The first kappa shape index (κ1) is 14.8. The molecule has 0 saturated carbocycles. The Labute approximate surface area is 120 Å². The van der Waals surface area contributed by atoms with E-state index in [-0.39, 0.29) is 5.54 Å². The molecule has 0 saturated heterocycles. The molecule has 0 aliphatic heterocycles. The lowest BCUT2D eigenvalue weighted by molar-refractivity contribution is 0.135. The molecule has 2 N–H and O–H groups in total. The number of hydrogen-bond acceptors (Lipinski definition) is 3. The average molecular weight is 273 g/mol. The third-order valence-corrected chi connectivity index (χ3v) is 3.53. The second-order valence-electron chi connectivity index (χ2n) is 5.78. The maximum absolute atomic E-state index is 10.0. The quantitative estimate of drug-likeness (QED) is 0.813. The standard InChI is InChI=1S/C17H23NO2/c1-17(2,11-10-14-7-4-3-5-8-14)18-13-15(19)16-9-6-12-20-16/h3-9,12,15,18-19H,10-11,13H2,1-2H3. The molecule has 1 aromatic carbocycles. The molecule has 2 rings (SSSR count). The van der Waals surface area contributed by atoms with Crippen molar-refractivity contribution in [1.29, 1.82) is 0 Å². The van der Waals surface area contributed by atoms with Crippen LogP contribution in [-0.2, 0) is 6.42 Å². The Balaban J connectivity index is 1.79. The van der Waals surface area contributed by atoms with Crippen LogP contribution >= 0.6 is 0 Å². The van der Waals surface area contributed by atoms with Crippen LogP contribution in [0.25, 0.3) is 0 Å². The fourth-order valence-corrected chi connectivity index (χ4v) is 2.14. The minimum atomic E-state index is -0.596. The monoisotopic (exact) mass is 273 g/mol. The molecule has 3 nitrogen and oxygen atoms in total. The third kappa shape index (κ3) is 4.51. The molecule has 1 atom stereocenters. The van der Waals surface area contributed by atoms with Crippen molar-refractivity contribution in [3.63, 3.8) is 0 Å². The van der Waals surface area contributed by atoms with Crippen molar-refractivity contribution < 1.29 is 9.52 Å². The number of β-amino-alcohol motifs (C(OH)–C–C–N with tert-alkyl or cyclic N) is 1. The molecule has 20 heavy (non-hydrogen) atoms. The zero-order valence-corrected chi connectivity index (χ0v) is 12.2. The Morgan fingerprint density at radius 3 is 2.55 bits per heavy atom. The van der Waals surface area contributed by atoms with Crippen molar-refractivity contribution in [3.8, 4) is 0 Å². The van der Waals surface area contributed by atoms with Crippen LogP contribution in [0.4, 0.5) is 0 Å². The van der Waals surface area contributed by atoms with E-state index in [0.29, 0.717) is 12.3 Å². The lowest BCUT2D eigenvalue weighted by Gasteiger charge is -2.27. The van der Waals surface area contributed by atoms with Gasteiger partial charge < -0.3 is 14.8 Å². The summed E-state index contributed by atoms with van der Waals surface area (Å²) in [6.45, 7) is 4.81. The molecule has 0 amide bonds. The van der Waals surface area contributed by atoms with E-state index in [4.69, 9.17) is 4.42 Å². The molecular formula is C17H23NO2. The summed E-state index contributed by atoms with van der Waals surface area (Å²) in [7, 11) is 0. The van der Waals surface area contributed by atoms with Gasteiger partial charge in [0.05, 0.1) is 6.26 Å². The average Bonchev–Trinajstić information content (AvgIpc) is 2.98. The minimum absolute atomic E-state index is 0.0244. The van der Waals surface area contributed by atoms with Gasteiger partial charge in [0.2, 0.25) is 0 Å². The predicted octanol–water partition coefficient (Wildman–Crippen LogP) is 3.31. The molecule has 1 unspecified atom stereocenters. The molecule has 1 aromatic heterocycles. The largest absolute Gasteiger partial charge is 0.467 e. The summed E-state index contributed by atoms with van der Waals surface area (Å²) < 4.78 is 5.20. The smallest absolute Gasteiger partial charge is 0.133 e. The first-order valence-corrected chi connectivity index (χ1v) is 7.07. The van der Waals surface area contributed by atoms with Crippen LogP contribution in [0.2, 0.25) is 0 Å². The Bertz CT molecular complexity index is 491. The van der Waals surface area contributed by atoms with Gasteiger partial charge >= 0.3 is 0 Å². The Morgan fingerprint density at radius 2 is 1.90 bits per heavy atom. The number of aliphatic hydroxyl groups excluding tert-OH is 1. The van der Waals surface area contributed by atoms with E-state index >= 15 is 0 Å². The van der Waals surface area contributed by atoms with Crippen LogP contribution in [-0.4, -0.2) is 17.2 Å². The molecule has 0 radical (unpaired) electrons. The maximum atomic E-state index is 10.0. The summed E-state index contributed by atoms with van der Waals surface area (Å²) in [5.41, 5.74) is 1.32. The van der Waals surface area contributed by atoms with Gasteiger partial charge in [0, 0.05) is 12.1 Å². The maximum Gasteiger partial charge on any atom is 0.133 e. The van der Waals surface area contributed by atoms with Gasteiger partial charge in [-0.3, -0.25) is 0 Å². The van der Waals surface area contributed by atoms with Crippen molar-refractivity contribution in [1.82, 2.24) is 5.32 Å². The molecule has 0 aliphatic carbocycles. The Kier molecular flexibility index (Phi) is 4.99. The lowest BCUT2D eigenvalue weighted by atomic mass is 9.95. The van der Waals surface area contributed by atoms with Crippen molar-refractivity contribution >= 4 is 0 Å². The molecule has 1 heterocycles. The molecule has 0 aliphatic rings. The zero-order valence-electron chi connectivity index (χ0n) is 12.2. The van der Waals surface area contributed by atoms with Gasteiger partial charge in [-0.05, 0) is 44.4 Å². The summed E-state index contributed by atoms with van der Waals surface area (Å²) >= 11 is 0. The predicted molar refractivity (Wildman–Crippen MR) is 80.5 cm³/mol. The number of aliphatic hydroxyl groups is 1. The number of hydrogen-bond donors (Lipinski definition) is 2. The van der Waals surface area contributed by atoms with Crippen LogP contribution in [0.5, 0.6) is 0 Å². The highest BCUT2D eigenvalue weighted by atomic mass is 16.4. The normalized spacial score (nSPS) is 13.3. The molecule has 0 spiro atoms. The Morgan fingerprint density at radius 1 is 1.15 bits per heavy atom. The van der Waals surface area contributed by atoms with Crippen LogP contribution in [0, 0.1) is 0 Å². The van der Waals surface area contributed by atoms with E-state index in [2.05, 4.69) is 43.4 Å². The number of nitrogens with one attached hydrogen (secondary N) is 1. The molecule has 3 heteroatoms. The van der Waals surface area contributed by atoms with E-state index in [0.717, 1.165) is 12.8 Å². The SMILES string of the molecule is CC(C)(CCc1ccccc1)NCC(O)c1ccco1. The number of benzene rings is 1. The second-order valence-corrected chi connectivity index (χ2v) is 5.78. The Hall–Kier alpha value is -1.58. The molecule has 0 fully saturated rings. The number of aryl methyl sites for hydroxylation is 1. The molecular weight excluding hydrogens is 250 g/mol. The number of rotatable bonds is 7. The first-order valence-electron chi connectivity index (χ1n) is 7.07. The first-order chi connectivity index (χ1) is 9.57. The van der Waals surface area contributed by atoms with Gasteiger partial charge in [0.15, 0.2) is 0 Å². The van der Waals surface area contributed by atoms with Gasteiger partial charge in [0.25, 0.3) is 0 Å². The lowest BCUT2D eigenvalue weighted by Crippen LogP contribution is -2.41. The highest BCUT2D eigenvalue weighted by Gasteiger charge is 2.19. The van der Waals surface area contributed by atoms with Crippen molar-refractivity contribution in [2.45, 2.75) is 38.3 Å². The van der Waals surface area contributed by atoms with E-state index < -0.39 is 6.10 Å². The van der Waals surface area contributed by atoms with Gasteiger partial charge in [-0.2, -0.15) is 0 Å². The summed E-state index contributed by atoms with van der Waals surface area (Å²) in [5, 5.41) is 13.4. The highest BCUT2D eigenvalue weighted by Crippen LogP contribution is 2.17. The van der Waals surface area contributed by atoms with Crippen molar-refractivity contribution in [2.24, 2.45) is 0 Å². The fourth-order valence-electron chi connectivity index (χ4n) is 2.14. The third-order valence-electron chi connectivity index (χ3n) is 3.53.